The van der Waals surface area contributed by atoms with E-state index >= 15 is 0 Å². The summed E-state index contributed by atoms with van der Waals surface area (Å²) in [4.78, 5) is 15.1. The molecule has 1 aliphatic rings. The molecule has 3 N–H and O–H groups in total. The molecule has 1 fully saturated rings. The van der Waals surface area contributed by atoms with Crippen LogP contribution in [0.25, 0.3) is 11.1 Å². The number of aromatic hydroxyl groups is 2. The normalized spacial score (nSPS) is 18.1. The van der Waals surface area contributed by atoms with Gasteiger partial charge in [0, 0.05) is 16.3 Å². The van der Waals surface area contributed by atoms with Crippen molar-refractivity contribution in [3.05, 3.63) is 113 Å². The summed E-state index contributed by atoms with van der Waals surface area (Å²) < 4.78 is 0. The van der Waals surface area contributed by atoms with Gasteiger partial charge in [0.25, 0.3) is 0 Å². The third-order valence-electron chi connectivity index (χ3n) is 6.81. The fourth-order valence-corrected chi connectivity index (χ4v) is 5.21. The van der Waals surface area contributed by atoms with Crippen molar-refractivity contribution in [3.63, 3.8) is 0 Å². The minimum atomic E-state index is -0.775. The SMILES string of the molecule is O=C1[C@H](CC[C@H](O)c2ccccc2Cl)[C@@H](c2ccc(-c3ccc(O)cc3)c(O)c2)N1c1ccccc1. The van der Waals surface area contributed by atoms with Crippen LogP contribution in [-0.4, -0.2) is 21.2 Å². The topological polar surface area (TPSA) is 81.0 Å². The Kier molecular flexibility index (Phi) is 6.68. The molecule has 36 heavy (non-hydrogen) atoms. The maximum Gasteiger partial charge on any atom is 0.233 e. The number of hydrogen-bond donors (Lipinski definition) is 3. The fraction of sp³-hybridized carbons (Fsp3) is 0.167. The smallest absolute Gasteiger partial charge is 0.233 e. The number of carbonyl (C=O) groups excluding carboxylic acids is 1. The number of β-lactam (4-membered cyclic amide) rings is 1. The number of phenols is 2. The zero-order chi connectivity index (χ0) is 25.2. The van der Waals surface area contributed by atoms with E-state index in [9.17, 15) is 20.1 Å². The molecule has 4 aromatic rings. The summed E-state index contributed by atoms with van der Waals surface area (Å²) in [6.07, 6.45) is 0.0829. The Bertz CT molecular complexity index is 1370. The Morgan fingerprint density at radius 1 is 0.861 bits per heavy atom. The zero-order valence-corrected chi connectivity index (χ0v) is 20.2. The quantitative estimate of drug-likeness (QED) is 0.249. The Morgan fingerprint density at radius 3 is 2.25 bits per heavy atom. The van der Waals surface area contributed by atoms with Crippen LogP contribution in [0.15, 0.2) is 97.1 Å². The number of para-hydroxylation sites is 1. The van der Waals surface area contributed by atoms with E-state index in [1.54, 1.807) is 47.4 Å². The lowest BCUT2D eigenvalue weighted by Crippen LogP contribution is -2.55. The van der Waals surface area contributed by atoms with E-state index in [-0.39, 0.29) is 29.4 Å². The number of hydrogen-bond acceptors (Lipinski definition) is 4. The fourth-order valence-electron chi connectivity index (χ4n) is 4.94. The Hall–Kier alpha value is -3.80. The first-order valence-electron chi connectivity index (χ1n) is 11.9. The molecule has 6 heteroatoms. The van der Waals surface area contributed by atoms with E-state index in [0.717, 1.165) is 16.8 Å². The van der Waals surface area contributed by atoms with Crippen molar-refractivity contribution < 1.29 is 20.1 Å². The van der Waals surface area contributed by atoms with Gasteiger partial charge in [0.15, 0.2) is 0 Å². The van der Waals surface area contributed by atoms with Crippen LogP contribution in [-0.2, 0) is 4.79 Å². The average Bonchev–Trinajstić information content (AvgIpc) is 2.88. The summed E-state index contributed by atoms with van der Waals surface area (Å²) >= 11 is 6.25. The molecule has 0 aliphatic carbocycles. The number of carbonyl (C=O) groups is 1. The van der Waals surface area contributed by atoms with Crippen molar-refractivity contribution >= 4 is 23.2 Å². The van der Waals surface area contributed by atoms with Gasteiger partial charge in [-0.3, -0.25) is 4.79 Å². The van der Waals surface area contributed by atoms with Gasteiger partial charge in [-0.2, -0.15) is 0 Å². The summed E-state index contributed by atoms with van der Waals surface area (Å²) in [5.41, 5.74) is 3.67. The van der Waals surface area contributed by atoms with E-state index in [4.69, 9.17) is 11.6 Å². The molecule has 1 saturated heterocycles. The Morgan fingerprint density at radius 2 is 1.56 bits per heavy atom. The van der Waals surface area contributed by atoms with Crippen molar-refractivity contribution in [2.45, 2.75) is 25.0 Å². The van der Waals surface area contributed by atoms with Crippen LogP contribution < -0.4 is 4.90 Å². The maximum absolute atomic E-state index is 13.3. The third-order valence-corrected chi connectivity index (χ3v) is 7.15. The van der Waals surface area contributed by atoms with Crippen molar-refractivity contribution in [2.75, 3.05) is 4.90 Å². The molecular formula is C30H26ClNO4. The number of anilines is 1. The molecule has 0 bridgehead atoms. The van der Waals surface area contributed by atoms with Crippen LogP contribution in [0.4, 0.5) is 5.69 Å². The van der Waals surface area contributed by atoms with Gasteiger partial charge in [0.1, 0.15) is 11.5 Å². The van der Waals surface area contributed by atoms with Gasteiger partial charge in [-0.25, -0.2) is 0 Å². The van der Waals surface area contributed by atoms with Crippen LogP contribution in [0.5, 0.6) is 11.5 Å². The van der Waals surface area contributed by atoms with Crippen LogP contribution in [0.3, 0.4) is 0 Å². The molecule has 5 nitrogen and oxygen atoms in total. The van der Waals surface area contributed by atoms with Crippen LogP contribution in [0.1, 0.15) is 36.1 Å². The molecule has 4 aromatic carbocycles. The second-order valence-corrected chi connectivity index (χ2v) is 9.44. The van der Waals surface area contributed by atoms with Gasteiger partial charge in [-0.1, -0.05) is 72.3 Å². The number of amides is 1. The van der Waals surface area contributed by atoms with Gasteiger partial charge in [-0.15, -0.1) is 0 Å². The number of aliphatic hydroxyl groups excluding tert-OH is 1. The number of nitrogens with zero attached hydrogens (tertiary/aromatic N) is 1. The largest absolute Gasteiger partial charge is 0.508 e. The number of aliphatic hydroxyl groups is 1. The van der Waals surface area contributed by atoms with Crippen molar-refractivity contribution in [1.82, 2.24) is 0 Å². The molecule has 0 unspecified atom stereocenters. The molecular weight excluding hydrogens is 474 g/mol. The molecule has 1 aliphatic heterocycles. The molecule has 0 aromatic heterocycles. The van der Waals surface area contributed by atoms with E-state index < -0.39 is 6.10 Å². The van der Waals surface area contributed by atoms with Crippen LogP contribution in [0.2, 0.25) is 5.02 Å². The lowest BCUT2D eigenvalue weighted by atomic mass is 9.78. The van der Waals surface area contributed by atoms with E-state index in [0.29, 0.717) is 29.0 Å². The van der Waals surface area contributed by atoms with Gasteiger partial charge in [0.2, 0.25) is 5.91 Å². The zero-order valence-electron chi connectivity index (χ0n) is 19.5. The number of halogens is 1. The number of benzene rings is 4. The molecule has 5 rings (SSSR count). The van der Waals surface area contributed by atoms with E-state index in [2.05, 4.69) is 0 Å². The van der Waals surface area contributed by atoms with Crippen molar-refractivity contribution in [3.8, 4) is 22.6 Å². The lowest BCUT2D eigenvalue weighted by Gasteiger charge is -2.48. The second-order valence-electron chi connectivity index (χ2n) is 9.03. The summed E-state index contributed by atoms with van der Waals surface area (Å²) in [6, 6.07) is 28.5. The van der Waals surface area contributed by atoms with Gasteiger partial charge >= 0.3 is 0 Å². The lowest BCUT2D eigenvalue weighted by molar-refractivity contribution is -0.131. The number of phenolic OH excluding ortho intramolecular Hbond substituents is 2. The molecule has 3 atom stereocenters. The summed E-state index contributed by atoms with van der Waals surface area (Å²) in [6.45, 7) is 0. The molecule has 1 amide bonds. The molecule has 0 radical (unpaired) electrons. The highest BCUT2D eigenvalue weighted by Crippen LogP contribution is 2.47. The number of rotatable bonds is 7. The summed E-state index contributed by atoms with van der Waals surface area (Å²) in [7, 11) is 0. The summed E-state index contributed by atoms with van der Waals surface area (Å²) in [5.74, 6) is -0.107. The van der Waals surface area contributed by atoms with E-state index in [1.807, 2.05) is 54.6 Å². The minimum Gasteiger partial charge on any atom is -0.508 e. The second kappa shape index (κ2) is 10.1. The molecule has 0 spiro atoms. The first-order chi connectivity index (χ1) is 17.4. The third kappa shape index (κ3) is 4.55. The monoisotopic (exact) mass is 499 g/mol. The highest BCUT2D eigenvalue weighted by molar-refractivity contribution is 6.31. The average molecular weight is 500 g/mol. The highest BCUT2D eigenvalue weighted by Gasteiger charge is 2.48. The first kappa shape index (κ1) is 23.9. The van der Waals surface area contributed by atoms with Gasteiger partial charge < -0.3 is 20.2 Å². The van der Waals surface area contributed by atoms with Gasteiger partial charge in [0.05, 0.1) is 18.1 Å². The summed E-state index contributed by atoms with van der Waals surface area (Å²) in [5, 5.41) is 31.7. The predicted octanol–water partition coefficient (Wildman–Crippen LogP) is 6.64. The molecule has 182 valence electrons. The molecule has 0 saturated carbocycles. The highest BCUT2D eigenvalue weighted by atomic mass is 35.5. The van der Waals surface area contributed by atoms with Crippen molar-refractivity contribution in [2.24, 2.45) is 5.92 Å². The first-order valence-corrected chi connectivity index (χ1v) is 12.2. The molecule has 1 heterocycles. The standard InChI is InChI=1S/C30H26ClNO4/c31-26-9-5-4-8-24(26)27(34)17-16-25-29(32(30(25)36)21-6-2-1-3-7-21)20-12-15-23(28(35)18-20)19-10-13-22(33)14-11-19/h1-15,18,25,27,29,33-35H,16-17H2/t25-,27+,29-/m1/s1. The van der Waals surface area contributed by atoms with E-state index in [1.165, 1.54) is 0 Å². The maximum atomic E-state index is 13.3. The van der Waals surface area contributed by atoms with Crippen molar-refractivity contribution in [1.29, 1.82) is 0 Å². The Labute approximate surface area is 214 Å². The van der Waals surface area contributed by atoms with Crippen LogP contribution >= 0.6 is 11.6 Å². The van der Waals surface area contributed by atoms with Gasteiger partial charge in [-0.05, 0) is 65.9 Å². The predicted molar refractivity (Wildman–Crippen MR) is 141 cm³/mol. The Balaban J connectivity index is 1.43. The van der Waals surface area contributed by atoms with Crippen LogP contribution in [0, 0.1) is 5.92 Å². The minimum absolute atomic E-state index is 0.0142.